The molecule has 2 aromatic heterocycles. The first-order valence-electron chi connectivity index (χ1n) is 7.48. The molecule has 1 aromatic carbocycles. The molecule has 0 aliphatic carbocycles. The van der Waals surface area contributed by atoms with Gasteiger partial charge in [-0.1, -0.05) is 35.8 Å². The molecule has 3 aromatic rings. The highest BCUT2D eigenvalue weighted by Gasteiger charge is 2.20. The average Bonchev–Trinajstić information content (AvgIpc) is 3.15. The molecule has 2 heterocycles. The van der Waals surface area contributed by atoms with Gasteiger partial charge in [0.15, 0.2) is 9.84 Å². The van der Waals surface area contributed by atoms with Gasteiger partial charge in [-0.15, -0.1) is 11.3 Å². The van der Waals surface area contributed by atoms with E-state index >= 15 is 0 Å². The van der Waals surface area contributed by atoms with Crippen molar-refractivity contribution in [1.82, 2.24) is 15.1 Å². The van der Waals surface area contributed by atoms with Crippen molar-refractivity contribution in [2.45, 2.75) is 31.8 Å². The molecule has 6 nitrogen and oxygen atoms in total. The Balaban J connectivity index is 1.73. The highest BCUT2D eigenvalue weighted by Crippen LogP contribution is 2.19. The summed E-state index contributed by atoms with van der Waals surface area (Å²) >= 11 is 1.47. The second kappa shape index (κ2) is 6.82. The second-order valence-electron chi connectivity index (χ2n) is 5.50. The Morgan fingerprint density at radius 3 is 2.75 bits per heavy atom. The number of aryl methyl sites for hydroxylation is 2. The van der Waals surface area contributed by atoms with Crippen LogP contribution in [-0.4, -0.2) is 23.5 Å². The lowest BCUT2D eigenvalue weighted by molar-refractivity contribution is 0.389. The quantitative estimate of drug-likeness (QED) is 0.668. The summed E-state index contributed by atoms with van der Waals surface area (Å²) in [6, 6.07) is 7.64. The van der Waals surface area contributed by atoms with Crippen LogP contribution in [0.1, 0.15) is 29.1 Å². The van der Waals surface area contributed by atoms with Crippen molar-refractivity contribution in [3.8, 4) is 11.4 Å². The number of aromatic nitrogens is 3. The van der Waals surface area contributed by atoms with E-state index in [2.05, 4.69) is 15.1 Å². The van der Waals surface area contributed by atoms with Gasteiger partial charge < -0.3 is 4.52 Å². The summed E-state index contributed by atoms with van der Waals surface area (Å²) in [5, 5.41) is 6.58. The Hall–Kier alpha value is -2.06. The fourth-order valence-corrected chi connectivity index (χ4v) is 4.30. The molecule has 0 radical (unpaired) electrons. The molecule has 0 atom stereocenters. The lowest BCUT2D eigenvalue weighted by atomic mass is 10.1. The smallest absolute Gasteiger partial charge is 0.242 e. The van der Waals surface area contributed by atoms with E-state index < -0.39 is 9.84 Å². The molecule has 0 amide bonds. The fourth-order valence-electron chi connectivity index (χ4n) is 2.26. The van der Waals surface area contributed by atoms with E-state index in [4.69, 9.17) is 4.52 Å². The zero-order valence-corrected chi connectivity index (χ0v) is 15.0. The Morgan fingerprint density at radius 1 is 1.21 bits per heavy atom. The number of benzene rings is 1. The molecule has 0 unspecified atom stereocenters. The van der Waals surface area contributed by atoms with Gasteiger partial charge in [0, 0.05) is 10.9 Å². The minimum absolute atomic E-state index is 0.0949. The van der Waals surface area contributed by atoms with Crippen molar-refractivity contribution < 1.29 is 12.9 Å². The van der Waals surface area contributed by atoms with E-state index in [1.54, 1.807) is 5.38 Å². The zero-order chi connectivity index (χ0) is 17.2. The molecule has 0 saturated carbocycles. The number of hydrogen-bond donors (Lipinski definition) is 0. The summed E-state index contributed by atoms with van der Waals surface area (Å²) in [5.74, 6) is 0.0829. The first-order valence-corrected chi connectivity index (χ1v) is 10.2. The fraction of sp³-hybridized carbons (Fsp3) is 0.312. The Kier molecular flexibility index (Phi) is 4.77. The van der Waals surface area contributed by atoms with Gasteiger partial charge in [-0.05, 0) is 19.4 Å². The molecule has 24 heavy (non-hydrogen) atoms. The van der Waals surface area contributed by atoms with E-state index in [9.17, 15) is 8.42 Å². The van der Waals surface area contributed by atoms with Gasteiger partial charge in [0.25, 0.3) is 0 Å². The van der Waals surface area contributed by atoms with Crippen molar-refractivity contribution in [3.05, 3.63) is 51.8 Å². The van der Waals surface area contributed by atoms with Crippen LogP contribution < -0.4 is 0 Å². The average molecular weight is 363 g/mol. The maximum absolute atomic E-state index is 12.3. The summed E-state index contributed by atoms with van der Waals surface area (Å²) in [4.78, 5) is 8.49. The summed E-state index contributed by atoms with van der Waals surface area (Å²) < 4.78 is 29.7. The van der Waals surface area contributed by atoms with Gasteiger partial charge in [0.2, 0.25) is 11.7 Å². The van der Waals surface area contributed by atoms with Crippen molar-refractivity contribution in [1.29, 1.82) is 0 Å². The van der Waals surface area contributed by atoms with E-state index in [0.717, 1.165) is 22.6 Å². The first kappa shape index (κ1) is 16.8. The predicted octanol–water partition coefficient (Wildman–Crippen LogP) is 3.18. The van der Waals surface area contributed by atoms with Gasteiger partial charge in [-0.2, -0.15) is 4.98 Å². The topological polar surface area (TPSA) is 86.0 Å². The molecule has 3 rings (SSSR count). The van der Waals surface area contributed by atoms with E-state index in [1.165, 1.54) is 11.3 Å². The maximum atomic E-state index is 12.3. The molecule has 126 valence electrons. The molecule has 0 fully saturated rings. The molecule has 0 N–H and O–H groups in total. The van der Waals surface area contributed by atoms with Crippen molar-refractivity contribution in [3.63, 3.8) is 0 Å². The van der Waals surface area contributed by atoms with Crippen LogP contribution in [0.4, 0.5) is 0 Å². The molecule has 0 aliphatic heterocycles. The minimum atomic E-state index is -3.41. The third-order valence-electron chi connectivity index (χ3n) is 3.36. The van der Waals surface area contributed by atoms with Crippen LogP contribution in [0.2, 0.25) is 0 Å². The van der Waals surface area contributed by atoms with Gasteiger partial charge in [0.1, 0.15) is 5.75 Å². The van der Waals surface area contributed by atoms with Crippen LogP contribution in [0.3, 0.4) is 0 Å². The Morgan fingerprint density at radius 2 is 2.04 bits per heavy atom. The minimum Gasteiger partial charge on any atom is -0.338 e. The third-order valence-corrected chi connectivity index (χ3v) is 5.82. The Labute approximate surface area is 144 Å². The first-order chi connectivity index (χ1) is 11.4. The largest absolute Gasteiger partial charge is 0.338 e. The normalized spacial score (nSPS) is 11.8. The number of rotatable bonds is 6. The van der Waals surface area contributed by atoms with Crippen molar-refractivity contribution >= 4 is 21.2 Å². The highest BCUT2D eigenvalue weighted by atomic mass is 32.2. The number of sulfone groups is 1. The molecule has 8 heteroatoms. The molecular formula is C16H17N3O3S2. The summed E-state index contributed by atoms with van der Waals surface area (Å²) in [5.41, 5.74) is 2.44. The molecule has 0 aliphatic rings. The van der Waals surface area contributed by atoms with Crippen LogP contribution >= 0.6 is 11.3 Å². The van der Waals surface area contributed by atoms with Gasteiger partial charge in [-0.3, -0.25) is 0 Å². The van der Waals surface area contributed by atoms with Gasteiger partial charge in [0.05, 0.1) is 16.5 Å². The van der Waals surface area contributed by atoms with Crippen molar-refractivity contribution in [2.24, 2.45) is 0 Å². The van der Waals surface area contributed by atoms with Gasteiger partial charge in [-0.25, -0.2) is 13.4 Å². The maximum Gasteiger partial charge on any atom is 0.242 e. The predicted molar refractivity (Wildman–Crippen MR) is 92.3 cm³/mol. The van der Waals surface area contributed by atoms with E-state index in [1.807, 2.05) is 38.1 Å². The van der Waals surface area contributed by atoms with Gasteiger partial charge >= 0.3 is 0 Å². The van der Waals surface area contributed by atoms with Crippen LogP contribution in [-0.2, 0) is 27.8 Å². The number of nitrogens with zero attached hydrogens (tertiary/aromatic N) is 3. The zero-order valence-electron chi connectivity index (χ0n) is 13.4. The second-order valence-corrected chi connectivity index (χ2v) is 8.51. The van der Waals surface area contributed by atoms with Crippen LogP contribution in [0.5, 0.6) is 0 Å². The standard InChI is InChI=1S/C16H17N3O3S2/c1-3-15-17-13(8-23-15)9-24(20,21)10-14-18-16(19-22-14)12-6-4-5-11(2)7-12/h4-8H,3,9-10H2,1-2H3. The number of hydrogen-bond acceptors (Lipinski definition) is 7. The SMILES string of the molecule is CCc1nc(CS(=O)(=O)Cc2nc(-c3cccc(C)c3)no2)cs1. The van der Waals surface area contributed by atoms with Crippen LogP contribution in [0.25, 0.3) is 11.4 Å². The monoisotopic (exact) mass is 363 g/mol. The highest BCUT2D eigenvalue weighted by molar-refractivity contribution is 7.89. The summed E-state index contributed by atoms with van der Waals surface area (Å²) in [7, 11) is -3.41. The molecule has 0 bridgehead atoms. The number of thiazole rings is 1. The van der Waals surface area contributed by atoms with Crippen molar-refractivity contribution in [2.75, 3.05) is 0 Å². The molecular weight excluding hydrogens is 346 g/mol. The van der Waals surface area contributed by atoms with E-state index in [0.29, 0.717) is 11.5 Å². The Bertz CT molecular complexity index is 945. The summed E-state index contributed by atoms with van der Waals surface area (Å²) in [6.07, 6.45) is 0.800. The van der Waals surface area contributed by atoms with Crippen LogP contribution in [0, 0.1) is 6.92 Å². The third kappa shape index (κ3) is 4.07. The lowest BCUT2D eigenvalue weighted by Crippen LogP contribution is -2.08. The lowest BCUT2D eigenvalue weighted by Gasteiger charge is -1.98. The van der Waals surface area contributed by atoms with E-state index in [-0.39, 0.29) is 17.4 Å². The molecule has 0 spiro atoms. The summed E-state index contributed by atoms with van der Waals surface area (Å²) in [6.45, 7) is 3.95. The van der Waals surface area contributed by atoms with Crippen LogP contribution in [0.15, 0.2) is 34.2 Å². The molecule has 0 saturated heterocycles.